The van der Waals surface area contributed by atoms with Crippen molar-refractivity contribution in [2.75, 3.05) is 19.6 Å². The lowest BCUT2D eigenvalue weighted by Gasteiger charge is -2.38. The maximum Gasteiger partial charge on any atom is 0.0900 e. The van der Waals surface area contributed by atoms with Crippen LogP contribution in [-0.4, -0.2) is 35.6 Å². The number of nitrogens with one attached hydrogen (secondary N) is 1. The zero-order chi connectivity index (χ0) is 13.8. The van der Waals surface area contributed by atoms with Gasteiger partial charge in [0.25, 0.3) is 0 Å². The highest BCUT2D eigenvalue weighted by atomic mass is 32.1. The minimum absolute atomic E-state index is 0.496. The summed E-state index contributed by atoms with van der Waals surface area (Å²) in [6.07, 6.45) is 3.85. The van der Waals surface area contributed by atoms with Crippen LogP contribution in [0, 0.1) is 13.8 Å². The predicted molar refractivity (Wildman–Crippen MR) is 82.9 cm³/mol. The number of thiazole rings is 1. The van der Waals surface area contributed by atoms with Gasteiger partial charge in [0, 0.05) is 23.5 Å². The largest absolute Gasteiger partial charge is 0.315 e. The summed E-state index contributed by atoms with van der Waals surface area (Å²) >= 11 is 1.87. The van der Waals surface area contributed by atoms with Crippen LogP contribution in [0.1, 0.15) is 54.7 Å². The molecule has 1 fully saturated rings. The molecule has 1 aromatic rings. The van der Waals surface area contributed by atoms with Crippen LogP contribution in [0.15, 0.2) is 0 Å². The van der Waals surface area contributed by atoms with Crippen molar-refractivity contribution in [3.8, 4) is 0 Å². The van der Waals surface area contributed by atoms with Gasteiger partial charge in [0.05, 0.1) is 10.7 Å². The second-order valence-corrected chi connectivity index (χ2v) is 6.83. The van der Waals surface area contributed by atoms with Crippen molar-refractivity contribution in [1.29, 1.82) is 0 Å². The molecule has 1 aromatic heterocycles. The molecule has 0 spiro atoms. The average molecular weight is 281 g/mol. The lowest BCUT2D eigenvalue weighted by molar-refractivity contribution is 0.122. The van der Waals surface area contributed by atoms with Gasteiger partial charge in [-0.2, -0.15) is 0 Å². The number of hydrogen-bond acceptors (Lipinski definition) is 4. The molecule has 2 rings (SSSR count). The summed E-state index contributed by atoms with van der Waals surface area (Å²) in [4.78, 5) is 8.74. The Balaban J connectivity index is 2.15. The van der Waals surface area contributed by atoms with Gasteiger partial charge in [-0.1, -0.05) is 6.92 Å². The molecule has 0 amide bonds. The first-order chi connectivity index (χ1) is 9.13. The van der Waals surface area contributed by atoms with Crippen LogP contribution in [0.3, 0.4) is 0 Å². The molecular formula is C15H27N3S. The molecule has 0 bridgehead atoms. The quantitative estimate of drug-likeness (QED) is 0.897. The van der Waals surface area contributed by atoms with E-state index in [1.807, 2.05) is 11.3 Å². The highest BCUT2D eigenvalue weighted by molar-refractivity contribution is 7.11. The molecular weight excluding hydrogens is 254 g/mol. The monoisotopic (exact) mass is 281 g/mol. The van der Waals surface area contributed by atoms with E-state index >= 15 is 0 Å². The third kappa shape index (κ3) is 3.56. The normalized spacial score (nSPS) is 21.8. The van der Waals surface area contributed by atoms with E-state index < -0.39 is 0 Å². The van der Waals surface area contributed by atoms with Gasteiger partial charge in [-0.15, -0.1) is 11.3 Å². The Morgan fingerprint density at radius 3 is 2.79 bits per heavy atom. The molecule has 2 unspecified atom stereocenters. The molecule has 1 saturated heterocycles. The standard InChI is InChI=1S/C15H27N3S/c1-5-9-18(14-7-6-8-16-10-14)12(3)15-11(2)17-13(4)19-15/h12,14,16H,5-10H2,1-4H3. The SMILES string of the molecule is CCCN(C1CCCNC1)C(C)c1sc(C)nc1C. The van der Waals surface area contributed by atoms with Gasteiger partial charge >= 0.3 is 0 Å². The topological polar surface area (TPSA) is 28.2 Å². The summed E-state index contributed by atoms with van der Waals surface area (Å²) in [6, 6.07) is 1.18. The molecule has 2 atom stereocenters. The summed E-state index contributed by atoms with van der Waals surface area (Å²) in [5.74, 6) is 0. The number of hydrogen-bond donors (Lipinski definition) is 1. The maximum absolute atomic E-state index is 4.60. The third-order valence-electron chi connectivity index (χ3n) is 4.04. The lowest BCUT2D eigenvalue weighted by atomic mass is 10.0. The van der Waals surface area contributed by atoms with E-state index in [-0.39, 0.29) is 0 Å². The Labute approximate surface area is 121 Å². The summed E-state index contributed by atoms with van der Waals surface area (Å²) in [6.45, 7) is 12.4. The number of nitrogens with zero attached hydrogens (tertiary/aromatic N) is 2. The molecule has 19 heavy (non-hydrogen) atoms. The first-order valence-electron chi connectivity index (χ1n) is 7.53. The number of aromatic nitrogens is 1. The van der Waals surface area contributed by atoms with Crippen molar-refractivity contribution in [3.63, 3.8) is 0 Å². The molecule has 1 aliphatic rings. The van der Waals surface area contributed by atoms with Gasteiger partial charge in [-0.05, 0) is 53.1 Å². The summed E-state index contributed by atoms with van der Waals surface area (Å²) in [5, 5.41) is 4.74. The fraction of sp³-hybridized carbons (Fsp3) is 0.800. The number of piperidine rings is 1. The van der Waals surface area contributed by atoms with Crippen molar-refractivity contribution in [3.05, 3.63) is 15.6 Å². The Hall–Kier alpha value is -0.450. The molecule has 108 valence electrons. The van der Waals surface area contributed by atoms with E-state index in [1.165, 1.54) is 47.9 Å². The molecule has 1 aliphatic heterocycles. The van der Waals surface area contributed by atoms with E-state index in [0.717, 1.165) is 6.54 Å². The molecule has 2 heterocycles. The van der Waals surface area contributed by atoms with Gasteiger partial charge in [0.1, 0.15) is 0 Å². The van der Waals surface area contributed by atoms with Crippen LogP contribution in [0.25, 0.3) is 0 Å². The third-order valence-corrected chi connectivity index (χ3v) is 5.28. The molecule has 0 saturated carbocycles. The van der Waals surface area contributed by atoms with E-state index in [4.69, 9.17) is 0 Å². The highest BCUT2D eigenvalue weighted by Gasteiger charge is 2.27. The van der Waals surface area contributed by atoms with Gasteiger partial charge in [-0.3, -0.25) is 4.90 Å². The Morgan fingerprint density at radius 1 is 1.47 bits per heavy atom. The first kappa shape index (κ1) is 14.9. The van der Waals surface area contributed by atoms with Crippen LogP contribution in [-0.2, 0) is 0 Å². The van der Waals surface area contributed by atoms with Gasteiger partial charge in [-0.25, -0.2) is 4.98 Å². The summed E-state index contributed by atoms with van der Waals surface area (Å²) in [5.41, 5.74) is 1.22. The fourth-order valence-corrected chi connectivity index (χ4v) is 4.15. The van der Waals surface area contributed by atoms with Crippen LogP contribution >= 0.6 is 11.3 Å². The van der Waals surface area contributed by atoms with Crippen molar-refractivity contribution < 1.29 is 0 Å². The average Bonchev–Trinajstić information content (AvgIpc) is 2.75. The molecule has 0 aromatic carbocycles. The van der Waals surface area contributed by atoms with E-state index in [2.05, 4.69) is 42.9 Å². The smallest absolute Gasteiger partial charge is 0.0900 e. The number of aryl methyl sites for hydroxylation is 2. The summed E-state index contributed by atoms with van der Waals surface area (Å²) < 4.78 is 0. The first-order valence-corrected chi connectivity index (χ1v) is 8.35. The molecule has 1 N–H and O–H groups in total. The van der Waals surface area contributed by atoms with Crippen LogP contribution < -0.4 is 5.32 Å². The Morgan fingerprint density at radius 2 is 2.26 bits per heavy atom. The minimum atomic E-state index is 0.496. The van der Waals surface area contributed by atoms with Crippen molar-refractivity contribution in [2.24, 2.45) is 0 Å². The minimum Gasteiger partial charge on any atom is -0.315 e. The molecule has 0 radical (unpaired) electrons. The van der Waals surface area contributed by atoms with Gasteiger partial charge in [0.15, 0.2) is 0 Å². The highest BCUT2D eigenvalue weighted by Crippen LogP contribution is 2.31. The Bertz CT molecular complexity index is 396. The molecule has 0 aliphatic carbocycles. The zero-order valence-corrected chi connectivity index (χ0v) is 13.5. The second-order valence-electron chi connectivity index (χ2n) is 5.60. The lowest BCUT2D eigenvalue weighted by Crippen LogP contribution is -2.47. The van der Waals surface area contributed by atoms with E-state index in [9.17, 15) is 0 Å². The molecule has 3 nitrogen and oxygen atoms in total. The summed E-state index contributed by atoms with van der Waals surface area (Å²) in [7, 11) is 0. The van der Waals surface area contributed by atoms with Crippen molar-refractivity contribution in [1.82, 2.24) is 15.2 Å². The van der Waals surface area contributed by atoms with Gasteiger partial charge in [0.2, 0.25) is 0 Å². The van der Waals surface area contributed by atoms with Gasteiger partial charge < -0.3 is 5.32 Å². The van der Waals surface area contributed by atoms with Crippen molar-refractivity contribution in [2.45, 2.75) is 59.0 Å². The van der Waals surface area contributed by atoms with Crippen molar-refractivity contribution >= 4 is 11.3 Å². The van der Waals surface area contributed by atoms with E-state index in [0.29, 0.717) is 12.1 Å². The molecule has 4 heteroatoms. The number of rotatable bonds is 5. The maximum atomic E-state index is 4.60. The predicted octanol–water partition coefficient (Wildman–Crippen LogP) is 3.28. The Kier molecular flexibility index (Phi) is 5.37. The zero-order valence-electron chi connectivity index (χ0n) is 12.7. The van der Waals surface area contributed by atoms with Crippen LogP contribution in [0.4, 0.5) is 0 Å². The van der Waals surface area contributed by atoms with E-state index in [1.54, 1.807) is 0 Å². The van der Waals surface area contributed by atoms with Crippen LogP contribution in [0.5, 0.6) is 0 Å². The second kappa shape index (κ2) is 6.82. The fourth-order valence-electron chi connectivity index (χ4n) is 3.15. The van der Waals surface area contributed by atoms with Crippen LogP contribution in [0.2, 0.25) is 0 Å².